The Bertz CT molecular complexity index is 953. The molecule has 2 aliphatic heterocycles. The fourth-order valence-electron chi connectivity index (χ4n) is 3.34. The lowest BCUT2D eigenvalue weighted by Crippen LogP contribution is -2.40. The Morgan fingerprint density at radius 3 is 2.36 bits per heavy atom. The number of benzene rings is 2. The van der Waals surface area contributed by atoms with Crippen LogP contribution in [0.4, 0.5) is 5.69 Å². The first-order valence-corrected chi connectivity index (χ1v) is 10.8. The summed E-state index contributed by atoms with van der Waals surface area (Å²) in [5, 5.41) is 2.75. The molecular formula is C20H22N2O5S. The number of ether oxygens (including phenoxy) is 2. The number of amides is 1. The van der Waals surface area contributed by atoms with E-state index in [2.05, 4.69) is 5.32 Å². The number of para-hydroxylation sites is 2. The minimum atomic E-state index is -3.49. The number of fused-ring (bicyclic) bond motifs is 1. The van der Waals surface area contributed by atoms with Crippen molar-refractivity contribution in [2.45, 2.75) is 30.3 Å². The average molecular weight is 402 g/mol. The highest BCUT2D eigenvalue weighted by atomic mass is 32.2. The minimum Gasteiger partial charge on any atom is -0.485 e. The Hall–Kier alpha value is -2.58. The SMILES string of the molecule is O=C(Nc1ccc(S(=O)(=O)N2CCCCC2)cc1)C1COc2ccccc2O1. The van der Waals surface area contributed by atoms with Crippen molar-refractivity contribution in [3.8, 4) is 11.5 Å². The van der Waals surface area contributed by atoms with E-state index in [9.17, 15) is 13.2 Å². The van der Waals surface area contributed by atoms with Crippen molar-refractivity contribution in [2.24, 2.45) is 0 Å². The molecule has 2 aromatic rings. The maximum absolute atomic E-state index is 12.7. The second-order valence-electron chi connectivity index (χ2n) is 6.84. The summed E-state index contributed by atoms with van der Waals surface area (Å²) >= 11 is 0. The van der Waals surface area contributed by atoms with Gasteiger partial charge in [-0.1, -0.05) is 18.6 Å². The zero-order valence-electron chi connectivity index (χ0n) is 15.3. The summed E-state index contributed by atoms with van der Waals surface area (Å²) < 4.78 is 38.1. The van der Waals surface area contributed by atoms with E-state index in [-0.39, 0.29) is 17.4 Å². The van der Waals surface area contributed by atoms with Crippen LogP contribution in [0.15, 0.2) is 53.4 Å². The van der Waals surface area contributed by atoms with Crippen LogP contribution >= 0.6 is 0 Å². The normalized spacial score (nSPS) is 19.8. The molecule has 7 nitrogen and oxygen atoms in total. The Morgan fingerprint density at radius 1 is 0.964 bits per heavy atom. The lowest BCUT2D eigenvalue weighted by molar-refractivity contribution is -0.125. The maximum Gasteiger partial charge on any atom is 0.269 e. The lowest BCUT2D eigenvalue weighted by atomic mass is 10.2. The van der Waals surface area contributed by atoms with Gasteiger partial charge in [0.05, 0.1) is 4.90 Å². The minimum absolute atomic E-state index is 0.115. The van der Waals surface area contributed by atoms with Crippen LogP contribution in [0.5, 0.6) is 11.5 Å². The van der Waals surface area contributed by atoms with Crippen molar-refractivity contribution >= 4 is 21.6 Å². The van der Waals surface area contributed by atoms with E-state index >= 15 is 0 Å². The highest BCUT2D eigenvalue weighted by Gasteiger charge is 2.28. The van der Waals surface area contributed by atoms with Crippen LogP contribution in [0.25, 0.3) is 0 Å². The molecule has 0 aromatic heterocycles. The number of anilines is 1. The summed E-state index contributed by atoms with van der Waals surface area (Å²) in [6, 6.07) is 13.4. The first-order chi connectivity index (χ1) is 13.5. The van der Waals surface area contributed by atoms with Gasteiger partial charge in [-0.05, 0) is 49.2 Å². The summed E-state index contributed by atoms with van der Waals surface area (Å²) in [6.45, 7) is 1.23. The number of rotatable bonds is 4. The molecule has 1 amide bonds. The predicted molar refractivity (Wildman–Crippen MR) is 104 cm³/mol. The topological polar surface area (TPSA) is 84.9 Å². The molecule has 4 rings (SSSR count). The van der Waals surface area contributed by atoms with Gasteiger partial charge < -0.3 is 14.8 Å². The molecule has 2 aliphatic rings. The third kappa shape index (κ3) is 3.83. The molecule has 0 radical (unpaired) electrons. The Labute approximate surface area is 164 Å². The van der Waals surface area contributed by atoms with Crippen LogP contribution in [-0.2, 0) is 14.8 Å². The van der Waals surface area contributed by atoms with Gasteiger partial charge in [-0.15, -0.1) is 0 Å². The zero-order chi connectivity index (χ0) is 19.6. The first-order valence-electron chi connectivity index (χ1n) is 9.33. The van der Waals surface area contributed by atoms with Crippen molar-refractivity contribution in [2.75, 3.05) is 25.0 Å². The summed E-state index contributed by atoms with van der Waals surface area (Å²) in [4.78, 5) is 12.7. The summed E-state index contributed by atoms with van der Waals surface area (Å²) in [5.41, 5.74) is 0.505. The standard InChI is InChI=1S/C20H22N2O5S/c23-20(19-14-26-17-6-2-3-7-18(17)27-19)21-15-8-10-16(11-9-15)28(24,25)22-12-4-1-5-13-22/h2-3,6-11,19H,1,4-5,12-14H2,(H,21,23). The number of piperidine rings is 1. The van der Waals surface area contributed by atoms with Crippen LogP contribution in [0.1, 0.15) is 19.3 Å². The van der Waals surface area contributed by atoms with Crippen molar-refractivity contribution in [3.05, 3.63) is 48.5 Å². The van der Waals surface area contributed by atoms with Gasteiger partial charge in [-0.25, -0.2) is 8.42 Å². The van der Waals surface area contributed by atoms with Gasteiger partial charge in [0.2, 0.25) is 16.1 Å². The van der Waals surface area contributed by atoms with E-state index in [4.69, 9.17) is 9.47 Å². The van der Waals surface area contributed by atoms with Crippen LogP contribution in [0, 0.1) is 0 Å². The molecule has 0 aliphatic carbocycles. The van der Waals surface area contributed by atoms with Crippen molar-refractivity contribution in [1.82, 2.24) is 4.31 Å². The molecule has 1 fully saturated rings. The van der Waals surface area contributed by atoms with E-state index in [1.165, 1.54) is 16.4 Å². The lowest BCUT2D eigenvalue weighted by Gasteiger charge is -2.26. The number of carbonyl (C=O) groups is 1. The van der Waals surface area contributed by atoms with Crippen molar-refractivity contribution in [1.29, 1.82) is 0 Å². The van der Waals surface area contributed by atoms with Gasteiger partial charge in [0.25, 0.3) is 5.91 Å². The number of hydrogen-bond donors (Lipinski definition) is 1. The van der Waals surface area contributed by atoms with Crippen molar-refractivity contribution in [3.63, 3.8) is 0 Å². The smallest absolute Gasteiger partial charge is 0.269 e. The molecule has 0 spiro atoms. The second kappa shape index (κ2) is 7.81. The van der Waals surface area contributed by atoms with Crippen LogP contribution in [-0.4, -0.2) is 44.4 Å². The quantitative estimate of drug-likeness (QED) is 0.850. The monoisotopic (exact) mass is 402 g/mol. The maximum atomic E-state index is 12.7. The van der Waals surface area contributed by atoms with Crippen molar-refractivity contribution < 1.29 is 22.7 Å². The average Bonchev–Trinajstić information content (AvgIpc) is 2.74. The molecule has 148 valence electrons. The molecule has 1 saturated heterocycles. The zero-order valence-corrected chi connectivity index (χ0v) is 16.2. The summed E-state index contributed by atoms with van der Waals surface area (Å²) in [7, 11) is -3.49. The van der Waals surface area contributed by atoms with E-state index in [0.29, 0.717) is 30.3 Å². The molecule has 28 heavy (non-hydrogen) atoms. The number of nitrogens with zero attached hydrogens (tertiary/aromatic N) is 1. The molecule has 8 heteroatoms. The molecular weight excluding hydrogens is 380 g/mol. The fraction of sp³-hybridized carbons (Fsp3) is 0.350. The van der Waals surface area contributed by atoms with Gasteiger partial charge in [0.1, 0.15) is 6.61 Å². The molecule has 0 saturated carbocycles. The Kier molecular flexibility index (Phi) is 5.23. The largest absolute Gasteiger partial charge is 0.485 e. The van der Waals surface area contributed by atoms with Gasteiger partial charge in [-0.3, -0.25) is 4.79 Å². The van der Waals surface area contributed by atoms with E-state index < -0.39 is 16.1 Å². The first kappa shape index (κ1) is 18.8. The van der Waals surface area contributed by atoms with Gasteiger partial charge in [0, 0.05) is 18.8 Å². The number of sulfonamides is 1. The molecule has 1 unspecified atom stereocenters. The molecule has 1 atom stereocenters. The molecule has 0 bridgehead atoms. The highest BCUT2D eigenvalue weighted by molar-refractivity contribution is 7.89. The van der Waals surface area contributed by atoms with E-state index in [1.807, 2.05) is 12.1 Å². The Balaban J connectivity index is 1.41. The highest BCUT2D eigenvalue weighted by Crippen LogP contribution is 2.31. The van der Waals surface area contributed by atoms with Crippen LogP contribution < -0.4 is 14.8 Å². The molecule has 2 aromatic carbocycles. The second-order valence-corrected chi connectivity index (χ2v) is 8.78. The van der Waals surface area contributed by atoms with E-state index in [1.54, 1.807) is 24.3 Å². The fourth-order valence-corrected chi connectivity index (χ4v) is 4.85. The molecule has 1 N–H and O–H groups in total. The summed E-state index contributed by atoms with van der Waals surface area (Å²) in [6.07, 6.45) is 2.07. The van der Waals surface area contributed by atoms with Crippen LogP contribution in [0.3, 0.4) is 0 Å². The van der Waals surface area contributed by atoms with E-state index in [0.717, 1.165) is 19.3 Å². The molecule has 2 heterocycles. The third-order valence-electron chi connectivity index (χ3n) is 4.88. The predicted octanol–water partition coefficient (Wildman–Crippen LogP) is 2.64. The number of nitrogens with one attached hydrogen (secondary N) is 1. The van der Waals surface area contributed by atoms with Crippen LogP contribution in [0.2, 0.25) is 0 Å². The van der Waals surface area contributed by atoms with Gasteiger partial charge in [-0.2, -0.15) is 4.31 Å². The van der Waals surface area contributed by atoms with Gasteiger partial charge >= 0.3 is 0 Å². The number of carbonyl (C=O) groups excluding carboxylic acids is 1. The van der Waals surface area contributed by atoms with Gasteiger partial charge in [0.15, 0.2) is 11.5 Å². The Morgan fingerprint density at radius 2 is 1.64 bits per heavy atom. The number of hydrogen-bond acceptors (Lipinski definition) is 5. The summed E-state index contributed by atoms with van der Waals surface area (Å²) in [5.74, 6) is 0.789. The third-order valence-corrected chi connectivity index (χ3v) is 6.79.